The van der Waals surface area contributed by atoms with E-state index in [9.17, 15) is 28.6 Å². The molecule has 0 atom stereocenters. The van der Waals surface area contributed by atoms with Crippen LogP contribution in [-0.4, -0.2) is 66.1 Å². The quantitative estimate of drug-likeness (QED) is 0.338. The summed E-state index contributed by atoms with van der Waals surface area (Å²) in [6.07, 6.45) is 0. The van der Waals surface area contributed by atoms with E-state index in [1.54, 1.807) is 13.2 Å². The summed E-state index contributed by atoms with van der Waals surface area (Å²) in [5.74, 6) is 1.30. The van der Waals surface area contributed by atoms with Crippen molar-refractivity contribution < 1.29 is 23.0 Å². The topological polar surface area (TPSA) is 162 Å². The van der Waals surface area contributed by atoms with E-state index in [0.29, 0.717) is 24.6 Å². The number of nitrogens with zero attached hydrogens (tertiary/aromatic N) is 6. The van der Waals surface area contributed by atoms with E-state index in [0.717, 1.165) is 27.8 Å². The molecule has 13 nitrogen and oxygen atoms in total. The van der Waals surface area contributed by atoms with Gasteiger partial charge in [-0.1, -0.05) is 0 Å². The fraction of sp³-hybridized carbons (Fsp3) is 0.273. The maximum atomic E-state index is 13.2. The van der Waals surface area contributed by atoms with Gasteiger partial charge in [0.15, 0.2) is 5.82 Å². The van der Waals surface area contributed by atoms with Crippen molar-refractivity contribution >= 4 is 27.2 Å². The fourth-order valence-electron chi connectivity index (χ4n) is 3.90. The Morgan fingerprint density at radius 2 is 1.47 bits per heavy atom. The van der Waals surface area contributed by atoms with E-state index in [1.165, 1.54) is 6.92 Å². The summed E-state index contributed by atoms with van der Waals surface area (Å²) < 4.78 is 32.6. The third-order valence-corrected chi connectivity index (χ3v) is 7.83. The smallest absolute Gasteiger partial charge is 0.280 e. The molecule has 2 heterocycles. The molecule has 0 bridgehead atoms. The number of nitro groups is 2. The third kappa shape index (κ3) is 4.81. The van der Waals surface area contributed by atoms with Crippen LogP contribution in [0.4, 0.5) is 17.2 Å². The van der Waals surface area contributed by atoms with Crippen LogP contribution < -0.4 is 9.64 Å². The van der Waals surface area contributed by atoms with Crippen LogP contribution in [0.25, 0.3) is 11.3 Å². The SMILES string of the molecule is COc1ccc(-c2ccc(N3CCN(S(=O)(=O)c4cc([N+](=O)[O-])c(C)c([N+](=O)[O-])c4)CC3)nn2)cc1. The minimum atomic E-state index is -4.19. The van der Waals surface area contributed by atoms with Crippen molar-refractivity contribution in [1.82, 2.24) is 14.5 Å². The minimum Gasteiger partial charge on any atom is -0.497 e. The Balaban J connectivity index is 1.49. The molecular formula is C22H22N6O7S. The molecule has 1 aliphatic heterocycles. The largest absolute Gasteiger partial charge is 0.497 e. The molecule has 0 unspecified atom stereocenters. The van der Waals surface area contributed by atoms with Gasteiger partial charge in [0, 0.05) is 43.9 Å². The van der Waals surface area contributed by atoms with Crippen LogP contribution in [0, 0.1) is 27.2 Å². The first kappa shape index (κ1) is 24.9. The van der Waals surface area contributed by atoms with E-state index in [1.807, 2.05) is 35.2 Å². The molecule has 4 rings (SSSR count). The van der Waals surface area contributed by atoms with Crippen LogP contribution >= 0.6 is 0 Å². The second-order valence-corrected chi connectivity index (χ2v) is 9.94. The molecule has 2 aromatic carbocycles. The Bertz CT molecular complexity index is 1370. The maximum absolute atomic E-state index is 13.2. The highest BCUT2D eigenvalue weighted by atomic mass is 32.2. The van der Waals surface area contributed by atoms with Crippen molar-refractivity contribution in [2.24, 2.45) is 0 Å². The number of hydrogen-bond acceptors (Lipinski definition) is 10. The summed E-state index contributed by atoms with van der Waals surface area (Å²) in [5.41, 5.74) is 0.102. The molecule has 1 aromatic heterocycles. The summed E-state index contributed by atoms with van der Waals surface area (Å²) in [4.78, 5) is 22.4. The number of ether oxygens (including phenoxy) is 1. The lowest BCUT2D eigenvalue weighted by molar-refractivity contribution is -0.395. The Hall–Kier alpha value is -4.17. The molecule has 0 amide bonds. The number of sulfonamides is 1. The van der Waals surface area contributed by atoms with E-state index < -0.39 is 36.1 Å². The number of benzene rings is 2. The van der Waals surface area contributed by atoms with Crippen molar-refractivity contribution in [3.63, 3.8) is 0 Å². The van der Waals surface area contributed by atoms with Crippen molar-refractivity contribution in [1.29, 1.82) is 0 Å². The molecule has 3 aromatic rings. The number of anilines is 1. The average Bonchev–Trinajstić information content (AvgIpc) is 2.88. The van der Waals surface area contributed by atoms with Gasteiger partial charge in [-0.05, 0) is 43.3 Å². The minimum absolute atomic E-state index is 0.0692. The molecule has 0 radical (unpaired) electrons. The first-order chi connectivity index (χ1) is 17.1. The van der Waals surface area contributed by atoms with E-state index in [-0.39, 0.29) is 18.7 Å². The molecule has 36 heavy (non-hydrogen) atoms. The molecule has 188 valence electrons. The predicted molar refractivity (Wildman–Crippen MR) is 129 cm³/mol. The van der Waals surface area contributed by atoms with Crippen molar-refractivity contribution in [2.75, 3.05) is 38.2 Å². The lowest BCUT2D eigenvalue weighted by Gasteiger charge is -2.34. The van der Waals surface area contributed by atoms with Gasteiger partial charge in [0.2, 0.25) is 10.0 Å². The predicted octanol–water partition coefficient (Wildman–Crippen LogP) is 2.79. The van der Waals surface area contributed by atoms with E-state index in [4.69, 9.17) is 4.74 Å². The van der Waals surface area contributed by atoms with Gasteiger partial charge in [0.25, 0.3) is 11.4 Å². The van der Waals surface area contributed by atoms with Gasteiger partial charge in [-0.25, -0.2) is 8.42 Å². The molecule has 0 aliphatic carbocycles. The zero-order chi connectivity index (χ0) is 26.0. The van der Waals surface area contributed by atoms with Gasteiger partial charge in [-0.3, -0.25) is 20.2 Å². The number of aromatic nitrogens is 2. The van der Waals surface area contributed by atoms with Gasteiger partial charge in [0.1, 0.15) is 11.3 Å². The molecule has 1 saturated heterocycles. The Morgan fingerprint density at radius 3 is 1.94 bits per heavy atom. The summed E-state index contributed by atoms with van der Waals surface area (Å²) in [7, 11) is -2.61. The zero-order valence-electron chi connectivity index (χ0n) is 19.4. The van der Waals surface area contributed by atoms with Crippen LogP contribution in [0.15, 0.2) is 53.4 Å². The second kappa shape index (κ2) is 9.83. The van der Waals surface area contributed by atoms with Crippen LogP contribution in [0.3, 0.4) is 0 Å². The molecule has 14 heteroatoms. The van der Waals surface area contributed by atoms with Crippen molar-refractivity contribution in [2.45, 2.75) is 11.8 Å². The number of nitro benzene ring substituents is 2. The number of rotatable bonds is 7. The second-order valence-electron chi connectivity index (χ2n) is 8.00. The van der Waals surface area contributed by atoms with E-state index >= 15 is 0 Å². The molecule has 1 fully saturated rings. The first-order valence-corrected chi connectivity index (χ1v) is 12.2. The van der Waals surface area contributed by atoms with Gasteiger partial charge in [-0.2, -0.15) is 4.31 Å². The van der Waals surface area contributed by atoms with Gasteiger partial charge in [-0.15, -0.1) is 10.2 Å². The summed E-state index contributed by atoms with van der Waals surface area (Å²) in [6.45, 7) is 1.95. The lowest BCUT2D eigenvalue weighted by Crippen LogP contribution is -2.49. The van der Waals surface area contributed by atoms with Crippen LogP contribution in [-0.2, 0) is 10.0 Å². The van der Waals surface area contributed by atoms with E-state index in [2.05, 4.69) is 10.2 Å². The van der Waals surface area contributed by atoms with Crippen molar-refractivity contribution in [3.8, 4) is 17.0 Å². The summed E-state index contributed by atoms with van der Waals surface area (Å²) in [5, 5.41) is 31.2. The lowest BCUT2D eigenvalue weighted by atomic mass is 10.1. The molecule has 0 N–H and O–H groups in total. The molecule has 0 saturated carbocycles. The highest BCUT2D eigenvalue weighted by Crippen LogP contribution is 2.33. The fourth-order valence-corrected chi connectivity index (χ4v) is 5.37. The number of hydrogen-bond donors (Lipinski definition) is 0. The van der Waals surface area contributed by atoms with Gasteiger partial charge in [0.05, 0.1) is 27.5 Å². The maximum Gasteiger partial charge on any atom is 0.280 e. The Kier molecular flexibility index (Phi) is 6.81. The standard InChI is InChI=1S/C22H22N6O7S/c1-15-20(27(29)30)13-18(14-21(15)28(31)32)36(33,34)26-11-9-25(10-12-26)22-8-7-19(23-24-22)16-3-5-17(35-2)6-4-16/h3-8,13-14H,9-12H2,1-2H3. The zero-order valence-corrected chi connectivity index (χ0v) is 20.2. The third-order valence-electron chi connectivity index (χ3n) is 5.96. The van der Waals surface area contributed by atoms with Crippen LogP contribution in [0.1, 0.15) is 5.56 Å². The normalized spacial score (nSPS) is 14.4. The van der Waals surface area contributed by atoms with Crippen molar-refractivity contribution in [3.05, 3.63) is 74.3 Å². The van der Waals surface area contributed by atoms with Crippen LogP contribution in [0.5, 0.6) is 5.75 Å². The first-order valence-electron chi connectivity index (χ1n) is 10.8. The highest BCUT2D eigenvalue weighted by Gasteiger charge is 2.33. The monoisotopic (exact) mass is 514 g/mol. The molecule has 1 aliphatic rings. The van der Waals surface area contributed by atoms with Gasteiger partial charge >= 0.3 is 0 Å². The average molecular weight is 515 g/mol. The highest BCUT2D eigenvalue weighted by molar-refractivity contribution is 7.89. The van der Waals surface area contributed by atoms with Gasteiger partial charge < -0.3 is 9.64 Å². The Morgan fingerprint density at radius 1 is 0.889 bits per heavy atom. The molecule has 0 spiro atoms. The Labute approximate surface area is 206 Å². The number of piperazine rings is 1. The summed E-state index contributed by atoms with van der Waals surface area (Å²) in [6, 6.07) is 12.7. The number of methoxy groups -OCH3 is 1. The molecular weight excluding hydrogens is 492 g/mol. The van der Waals surface area contributed by atoms with Crippen LogP contribution in [0.2, 0.25) is 0 Å². The summed E-state index contributed by atoms with van der Waals surface area (Å²) >= 11 is 0.